The largest absolute Gasteiger partial charge is 0.341 e. The Morgan fingerprint density at radius 3 is 2.41 bits per heavy atom. The van der Waals surface area contributed by atoms with E-state index in [0.29, 0.717) is 0 Å². The Bertz CT molecular complexity index is 496. The van der Waals surface area contributed by atoms with E-state index in [2.05, 4.69) is 16.8 Å². The first kappa shape index (κ1) is 14.0. The van der Waals surface area contributed by atoms with Gasteiger partial charge in [0.2, 0.25) is 0 Å². The maximum atomic E-state index is 11.7. The lowest BCUT2D eigenvalue weighted by Crippen LogP contribution is -2.35. The molecule has 0 radical (unpaired) electrons. The van der Waals surface area contributed by atoms with E-state index in [1.807, 2.05) is 6.92 Å². The Hall–Kier alpha value is -1.05. The number of hydrogen-bond donors (Lipinski definition) is 2. The second-order valence-electron chi connectivity index (χ2n) is 3.46. The van der Waals surface area contributed by atoms with Gasteiger partial charge < -0.3 is 9.92 Å². The molecule has 0 fully saturated rings. The Morgan fingerprint density at radius 2 is 1.94 bits per heavy atom. The Balaban J connectivity index is 2.89. The molecule has 0 saturated heterocycles. The lowest BCUT2D eigenvalue weighted by atomic mass is 10.2. The molecule has 2 N–H and O–H groups in total. The summed E-state index contributed by atoms with van der Waals surface area (Å²) < 4.78 is 27.7. The molecule has 0 aliphatic rings. The second kappa shape index (κ2) is 5.52. The molecule has 0 bridgehead atoms. The molecule has 0 heterocycles. The van der Waals surface area contributed by atoms with Crippen molar-refractivity contribution < 1.29 is 17.4 Å². The van der Waals surface area contributed by atoms with Gasteiger partial charge in [-0.25, -0.2) is 4.79 Å². The van der Waals surface area contributed by atoms with Crippen LogP contribution >= 0.6 is 12.6 Å². The predicted octanol–water partition coefficient (Wildman–Crippen LogP) is 0.484. The number of nitrogens with two attached hydrogens (primary N) is 1. The zero-order valence-electron chi connectivity index (χ0n) is 9.16. The van der Waals surface area contributed by atoms with Crippen molar-refractivity contribution in [3.05, 3.63) is 29.8 Å². The van der Waals surface area contributed by atoms with E-state index in [9.17, 15) is 13.2 Å². The number of carbonyl (C=O) groups is 1. The van der Waals surface area contributed by atoms with Crippen molar-refractivity contribution in [3.8, 4) is 0 Å². The molecule has 0 aromatic heterocycles. The summed E-state index contributed by atoms with van der Waals surface area (Å²) in [7, 11) is -4.09. The summed E-state index contributed by atoms with van der Waals surface area (Å²) in [5.41, 5.74) is 6.22. The summed E-state index contributed by atoms with van der Waals surface area (Å²) in [6.45, 7) is 1.82. The molecule has 5 nitrogen and oxygen atoms in total. The minimum atomic E-state index is -4.09. The summed E-state index contributed by atoms with van der Waals surface area (Å²) in [6.07, 6.45) is 0. The molecule has 1 atom stereocenters. The first-order valence-corrected chi connectivity index (χ1v) is 6.82. The molecule has 0 aliphatic carbocycles. The SMILES string of the molecule is Cc1ccc(S(=O)(=O)OC(=O)[C@@H](N)CS)cc1. The minimum Gasteiger partial charge on any atom is -0.340 e. The normalized spacial score (nSPS) is 13.1. The number of aryl methyl sites for hydroxylation is 1. The van der Waals surface area contributed by atoms with Gasteiger partial charge in [-0.1, -0.05) is 17.7 Å². The predicted molar refractivity (Wildman–Crippen MR) is 66.3 cm³/mol. The van der Waals surface area contributed by atoms with Gasteiger partial charge in [0.25, 0.3) is 0 Å². The number of carbonyl (C=O) groups excluding carboxylic acids is 1. The van der Waals surface area contributed by atoms with Crippen LogP contribution in [0, 0.1) is 6.92 Å². The minimum absolute atomic E-state index is 0.0161. The van der Waals surface area contributed by atoms with Crippen molar-refractivity contribution in [2.24, 2.45) is 5.73 Å². The Kier molecular flexibility index (Phi) is 4.55. The van der Waals surface area contributed by atoms with Gasteiger partial charge in [-0.15, -0.1) is 0 Å². The van der Waals surface area contributed by atoms with Crippen LogP contribution in [-0.4, -0.2) is 26.2 Å². The van der Waals surface area contributed by atoms with Crippen molar-refractivity contribution in [2.75, 3.05) is 5.75 Å². The summed E-state index contributed by atoms with van der Waals surface area (Å²) in [5, 5.41) is 0. The number of hydrogen-bond acceptors (Lipinski definition) is 6. The molecule has 1 rings (SSSR count). The topological polar surface area (TPSA) is 86.5 Å². The van der Waals surface area contributed by atoms with Crippen LogP contribution in [0.3, 0.4) is 0 Å². The lowest BCUT2D eigenvalue weighted by Gasteiger charge is -2.09. The average molecular weight is 275 g/mol. The lowest BCUT2D eigenvalue weighted by molar-refractivity contribution is -0.134. The van der Waals surface area contributed by atoms with Crippen LogP contribution in [0.25, 0.3) is 0 Å². The monoisotopic (exact) mass is 275 g/mol. The van der Waals surface area contributed by atoms with Crippen molar-refractivity contribution in [1.82, 2.24) is 0 Å². The van der Waals surface area contributed by atoms with E-state index in [0.717, 1.165) is 5.56 Å². The molecule has 0 saturated carbocycles. The van der Waals surface area contributed by atoms with E-state index in [1.54, 1.807) is 12.1 Å². The molecular formula is C10H13NO4S2. The molecule has 1 aromatic carbocycles. The van der Waals surface area contributed by atoms with Crippen LogP contribution in [0.1, 0.15) is 5.56 Å². The molecular weight excluding hydrogens is 262 g/mol. The number of rotatable bonds is 4. The van der Waals surface area contributed by atoms with Crippen LogP contribution in [0.5, 0.6) is 0 Å². The highest BCUT2D eigenvalue weighted by molar-refractivity contribution is 7.87. The molecule has 1 aromatic rings. The molecule has 0 unspecified atom stereocenters. The molecule has 0 aliphatic heterocycles. The average Bonchev–Trinajstić information content (AvgIpc) is 2.27. The summed E-state index contributed by atoms with van der Waals surface area (Å²) in [5.74, 6) is -0.997. The first-order chi connectivity index (χ1) is 7.86. The number of benzene rings is 1. The summed E-state index contributed by atoms with van der Waals surface area (Å²) in [6, 6.07) is 4.89. The fourth-order valence-electron chi connectivity index (χ4n) is 0.998. The van der Waals surface area contributed by atoms with Crippen molar-refractivity contribution in [2.45, 2.75) is 17.9 Å². The van der Waals surface area contributed by atoms with Gasteiger partial charge >= 0.3 is 16.1 Å². The highest BCUT2D eigenvalue weighted by Crippen LogP contribution is 2.13. The van der Waals surface area contributed by atoms with E-state index in [-0.39, 0.29) is 10.6 Å². The third-order valence-electron chi connectivity index (χ3n) is 2.00. The van der Waals surface area contributed by atoms with E-state index >= 15 is 0 Å². The third-order valence-corrected chi connectivity index (χ3v) is 3.63. The smallest absolute Gasteiger partial charge is 0.340 e. The summed E-state index contributed by atoms with van der Waals surface area (Å²) >= 11 is 3.78. The molecule has 0 amide bonds. The van der Waals surface area contributed by atoms with Crippen molar-refractivity contribution >= 4 is 28.7 Å². The van der Waals surface area contributed by atoms with Crippen LogP contribution < -0.4 is 5.73 Å². The van der Waals surface area contributed by atoms with Crippen LogP contribution in [-0.2, 0) is 19.1 Å². The van der Waals surface area contributed by atoms with Crippen molar-refractivity contribution in [3.63, 3.8) is 0 Å². The second-order valence-corrected chi connectivity index (χ2v) is 5.37. The van der Waals surface area contributed by atoms with Gasteiger partial charge in [0.15, 0.2) is 0 Å². The quantitative estimate of drug-likeness (QED) is 0.616. The van der Waals surface area contributed by atoms with E-state index in [1.165, 1.54) is 12.1 Å². The molecule has 94 valence electrons. The van der Waals surface area contributed by atoms with Gasteiger partial charge in [0.05, 0.1) is 0 Å². The number of thiol groups is 1. The maximum Gasteiger partial charge on any atom is 0.341 e. The van der Waals surface area contributed by atoms with Gasteiger partial charge in [-0.05, 0) is 19.1 Å². The standard InChI is InChI=1S/C10H13NO4S2/c1-7-2-4-8(5-3-7)17(13,14)15-10(12)9(11)6-16/h2-5,9,16H,6,11H2,1H3/t9-/m0/s1. The maximum absolute atomic E-state index is 11.7. The zero-order valence-corrected chi connectivity index (χ0v) is 10.9. The van der Waals surface area contributed by atoms with Gasteiger partial charge in [-0.3, -0.25) is 0 Å². The Labute approximate surface area is 105 Å². The fraction of sp³-hybridized carbons (Fsp3) is 0.300. The third kappa shape index (κ3) is 3.72. The summed E-state index contributed by atoms with van der Waals surface area (Å²) in [4.78, 5) is 11.2. The fourth-order valence-corrected chi connectivity index (χ4v) is 2.05. The molecule has 7 heteroatoms. The van der Waals surface area contributed by atoms with Gasteiger partial charge in [0.1, 0.15) is 10.9 Å². The van der Waals surface area contributed by atoms with Crippen LogP contribution in [0.2, 0.25) is 0 Å². The van der Waals surface area contributed by atoms with Gasteiger partial charge in [-0.2, -0.15) is 21.0 Å². The van der Waals surface area contributed by atoms with E-state index in [4.69, 9.17) is 5.73 Å². The Morgan fingerprint density at radius 1 is 1.41 bits per heavy atom. The molecule has 17 heavy (non-hydrogen) atoms. The van der Waals surface area contributed by atoms with Crippen LogP contribution in [0.15, 0.2) is 29.2 Å². The van der Waals surface area contributed by atoms with Gasteiger partial charge in [0, 0.05) is 5.75 Å². The zero-order chi connectivity index (χ0) is 13.1. The van der Waals surface area contributed by atoms with Crippen LogP contribution in [0.4, 0.5) is 0 Å². The molecule has 0 spiro atoms. The highest BCUT2D eigenvalue weighted by Gasteiger charge is 2.23. The van der Waals surface area contributed by atoms with Crippen molar-refractivity contribution in [1.29, 1.82) is 0 Å². The van der Waals surface area contributed by atoms with E-state index < -0.39 is 22.1 Å². The first-order valence-electron chi connectivity index (χ1n) is 4.78. The highest BCUT2D eigenvalue weighted by atomic mass is 32.2.